The second kappa shape index (κ2) is 21.8. The first-order chi connectivity index (χ1) is 21.8. The Labute approximate surface area is 278 Å². The molecule has 0 N–H and O–H groups in total. The maximum atomic E-state index is 12.3. The van der Waals surface area contributed by atoms with E-state index in [2.05, 4.69) is 27.7 Å². The standard InChI is InChI=1S/C35H50N2O6S2/c1-6-10-14-26(8-3)23-42-30(38)16-12-18-40-29-20-25(5)32(34-33(29)44-35(45-34)28(21-36)22-37)41-19-13-17-31(39)43-24-27(9-4)15-11-7-2/h20,26-27H,6-19,23-24H2,1-5H3. The topological polar surface area (TPSA) is 119 Å². The number of nitriles is 2. The quantitative estimate of drug-likeness (QED) is 0.0677. The summed E-state index contributed by atoms with van der Waals surface area (Å²) < 4.78 is 23.9. The maximum absolute atomic E-state index is 12.3. The highest BCUT2D eigenvalue weighted by Crippen LogP contribution is 2.59. The number of thioether (sulfide) groups is 2. The van der Waals surface area contributed by atoms with Crippen LogP contribution in [0.3, 0.4) is 0 Å². The van der Waals surface area contributed by atoms with Gasteiger partial charge in [-0.15, -0.1) is 0 Å². The molecule has 2 unspecified atom stereocenters. The van der Waals surface area contributed by atoms with Crippen LogP contribution in [0.25, 0.3) is 0 Å². The van der Waals surface area contributed by atoms with Gasteiger partial charge in [-0.3, -0.25) is 9.59 Å². The summed E-state index contributed by atoms with van der Waals surface area (Å²) >= 11 is 2.64. The third kappa shape index (κ3) is 13.2. The minimum absolute atomic E-state index is 0.0369. The third-order valence-corrected chi connectivity index (χ3v) is 10.4. The Hall–Kier alpha value is -2.82. The molecular weight excluding hydrogens is 609 g/mol. The van der Waals surface area contributed by atoms with E-state index in [1.807, 2.05) is 25.1 Å². The van der Waals surface area contributed by atoms with Crippen molar-refractivity contribution in [1.29, 1.82) is 10.5 Å². The number of hydrogen-bond donors (Lipinski definition) is 0. The van der Waals surface area contributed by atoms with E-state index in [4.69, 9.17) is 18.9 Å². The van der Waals surface area contributed by atoms with Crippen molar-refractivity contribution >= 4 is 35.5 Å². The highest BCUT2D eigenvalue weighted by Gasteiger charge is 2.30. The van der Waals surface area contributed by atoms with Crippen LogP contribution in [0.5, 0.6) is 11.5 Å². The number of allylic oxidation sites excluding steroid dienone is 1. The Morgan fingerprint density at radius 2 is 1.29 bits per heavy atom. The number of nitrogens with zero attached hydrogens (tertiary/aromatic N) is 2. The monoisotopic (exact) mass is 658 g/mol. The molecule has 1 aromatic rings. The smallest absolute Gasteiger partial charge is 0.305 e. The summed E-state index contributed by atoms with van der Waals surface area (Å²) in [6.45, 7) is 12.1. The van der Waals surface area contributed by atoms with Gasteiger partial charge in [0.1, 0.15) is 29.2 Å². The molecule has 0 amide bonds. The van der Waals surface area contributed by atoms with Crippen LogP contribution < -0.4 is 9.47 Å². The van der Waals surface area contributed by atoms with Crippen molar-refractivity contribution in [2.75, 3.05) is 26.4 Å². The van der Waals surface area contributed by atoms with Crippen molar-refractivity contribution in [3.8, 4) is 23.6 Å². The molecule has 0 bridgehead atoms. The van der Waals surface area contributed by atoms with Gasteiger partial charge in [0.25, 0.3) is 0 Å². The molecule has 0 fully saturated rings. The summed E-state index contributed by atoms with van der Waals surface area (Å²) in [4.78, 5) is 26.2. The number of esters is 2. The van der Waals surface area contributed by atoms with Gasteiger partial charge in [0, 0.05) is 12.8 Å². The van der Waals surface area contributed by atoms with Crippen molar-refractivity contribution < 1.29 is 28.5 Å². The number of carbonyl (C=O) groups is 2. The minimum atomic E-state index is -0.216. The van der Waals surface area contributed by atoms with Gasteiger partial charge >= 0.3 is 11.9 Å². The zero-order valence-corrected chi connectivity index (χ0v) is 29.3. The third-order valence-electron chi connectivity index (χ3n) is 7.76. The molecule has 1 aliphatic rings. The van der Waals surface area contributed by atoms with Crippen LogP contribution in [-0.4, -0.2) is 38.4 Å². The second-order valence-electron chi connectivity index (χ2n) is 11.4. The first-order valence-corrected chi connectivity index (χ1v) is 18.1. The molecule has 0 saturated heterocycles. The van der Waals surface area contributed by atoms with Crippen LogP contribution in [0.4, 0.5) is 0 Å². The molecule has 1 aromatic carbocycles. The molecule has 8 nitrogen and oxygen atoms in total. The van der Waals surface area contributed by atoms with Gasteiger partial charge in [-0.2, -0.15) is 10.5 Å². The molecule has 248 valence electrons. The summed E-state index contributed by atoms with van der Waals surface area (Å²) in [6.07, 6.45) is 10.2. The number of rotatable bonds is 22. The summed E-state index contributed by atoms with van der Waals surface area (Å²) in [6, 6.07) is 5.83. The molecule has 45 heavy (non-hydrogen) atoms. The lowest BCUT2D eigenvalue weighted by molar-refractivity contribution is -0.146. The van der Waals surface area contributed by atoms with E-state index in [-0.39, 0.29) is 30.4 Å². The fraction of sp³-hybridized carbons (Fsp3) is 0.657. The van der Waals surface area contributed by atoms with E-state index in [0.717, 1.165) is 66.7 Å². The summed E-state index contributed by atoms with van der Waals surface area (Å²) in [5.74, 6) is 1.65. The zero-order chi connectivity index (χ0) is 33.0. The van der Waals surface area contributed by atoms with Gasteiger partial charge in [0.15, 0.2) is 0 Å². The second-order valence-corrected chi connectivity index (χ2v) is 13.7. The molecule has 2 rings (SSSR count). The van der Waals surface area contributed by atoms with Gasteiger partial charge in [-0.1, -0.05) is 89.7 Å². The number of fused-ring (bicyclic) bond motifs is 1. The lowest BCUT2D eigenvalue weighted by Crippen LogP contribution is -2.14. The first-order valence-electron chi connectivity index (χ1n) is 16.5. The molecule has 0 aliphatic carbocycles. The number of benzene rings is 1. The molecule has 1 heterocycles. The van der Waals surface area contributed by atoms with Crippen LogP contribution in [-0.2, 0) is 19.1 Å². The van der Waals surface area contributed by atoms with Gasteiger partial charge in [0.2, 0.25) is 0 Å². The predicted octanol–water partition coefficient (Wildman–Crippen LogP) is 9.29. The van der Waals surface area contributed by atoms with Crippen molar-refractivity contribution in [2.24, 2.45) is 11.8 Å². The first kappa shape index (κ1) is 38.4. The van der Waals surface area contributed by atoms with E-state index < -0.39 is 0 Å². The fourth-order valence-corrected chi connectivity index (χ4v) is 7.36. The molecule has 0 saturated carbocycles. The molecule has 0 aromatic heterocycles. The van der Waals surface area contributed by atoms with E-state index in [1.54, 1.807) is 0 Å². The van der Waals surface area contributed by atoms with Crippen molar-refractivity contribution in [2.45, 2.75) is 121 Å². The van der Waals surface area contributed by atoms with Crippen LogP contribution in [0, 0.1) is 41.4 Å². The molecular formula is C35H50N2O6S2. The lowest BCUT2D eigenvalue weighted by Gasteiger charge is -2.17. The Kier molecular flexibility index (Phi) is 18.6. The van der Waals surface area contributed by atoms with Crippen molar-refractivity contribution in [3.63, 3.8) is 0 Å². The Morgan fingerprint density at radius 1 is 0.778 bits per heavy atom. The highest BCUT2D eigenvalue weighted by atomic mass is 32.2. The zero-order valence-electron chi connectivity index (χ0n) is 27.7. The summed E-state index contributed by atoms with van der Waals surface area (Å²) in [7, 11) is 0. The molecule has 0 spiro atoms. The van der Waals surface area contributed by atoms with Crippen LogP contribution in [0.1, 0.15) is 110 Å². The number of carbonyl (C=O) groups excluding carboxylic acids is 2. The van der Waals surface area contributed by atoms with Crippen LogP contribution in [0.15, 0.2) is 25.7 Å². The van der Waals surface area contributed by atoms with Crippen LogP contribution >= 0.6 is 23.5 Å². The molecule has 10 heteroatoms. The average molecular weight is 659 g/mol. The van der Waals surface area contributed by atoms with E-state index >= 15 is 0 Å². The Morgan fingerprint density at radius 3 is 1.78 bits per heavy atom. The SMILES string of the molecule is CCCCC(CC)COC(=O)CCCOc1cc(C)c(OCCCC(=O)OCC(CC)CCCC)c2c1SC(=C(C#N)C#N)S2. The minimum Gasteiger partial charge on any atom is -0.492 e. The fourth-order valence-electron chi connectivity index (χ4n) is 4.77. The molecule has 2 atom stereocenters. The van der Waals surface area contributed by atoms with Crippen molar-refractivity contribution in [1.82, 2.24) is 0 Å². The van der Waals surface area contributed by atoms with Gasteiger partial charge < -0.3 is 18.9 Å². The van der Waals surface area contributed by atoms with E-state index in [0.29, 0.717) is 66.8 Å². The summed E-state index contributed by atoms with van der Waals surface area (Å²) in [5, 5.41) is 18.9. The Bertz CT molecular complexity index is 1200. The number of hydrogen-bond acceptors (Lipinski definition) is 10. The van der Waals surface area contributed by atoms with E-state index in [9.17, 15) is 20.1 Å². The molecule has 0 radical (unpaired) electrons. The van der Waals surface area contributed by atoms with Crippen LogP contribution in [0.2, 0.25) is 0 Å². The highest BCUT2D eigenvalue weighted by molar-refractivity contribution is 8.24. The predicted molar refractivity (Wildman–Crippen MR) is 179 cm³/mol. The van der Waals surface area contributed by atoms with Gasteiger partial charge in [0.05, 0.1) is 40.5 Å². The number of ether oxygens (including phenoxy) is 4. The summed E-state index contributed by atoms with van der Waals surface area (Å²) in [5.41, 5.74) is 0.879. The average Bonchev–Trinajstić information content (AvgIpc) is 3.48. The number of aryl methyl sites for hydroxylation is 1. The maximum Gasteiger partial charge on any atom is 0.305 e. The van der Waals surface area contributed by atoms with Gasteiger partial charge in [-0.25, -0.2) is 0 Å². The van der Waals surface area contributed by atoms with E-state index in [1.165, 1.54) is 23.5 Å². The Balaban J connectivity index is 1.98. The number of unbranched alkanes of at least 4 members (excludes halogenated alkanes) is 2. The lowest BCUT2D eigenvalue weighted by atomic mass is 10.0. The molecule has 1 aliphatic heterocycles. The largest absolute Gasteiger partial charge is 0.492 e. The normalized spacial score (nSPS) is 13.3. The van der Waals surface area contributed by atoms with Crippen molar-refractivity contribution in [3.05, 3.63) is 21.4 Å². The van der Waals surface area contributed by atoms with Gasteiger partial charge in [-0.05, 0) is 56.1 Å².